The van der Waals surface area contributed by atoms with E-state index < -0.39 is 29.4 Å². The number of aliphatic hydroxyl groups is 1. The molecule has 1 fully saturated rings. The Morgan fingerprint density at radius 2 is 1.86 bits per heavy atom. The summed E-state index contributed by atoms with van der Waals surface area (Å²) in [6, 6.07) is 4.93. The Morgan fingerprint density at radius 3 is 2.54 bits per heavy atom. The van der Waals surface area contributed by atoms with Crippen molar-refractivity contribution >= 4 is 28.4 Å². The highest BCUT2D eigenvalue weighted by molar-refractivity contribution is 5.90. The summed E-state index contributed by atoms with van der Waals surface area (Å²) in [4.78, 5) is 22.5. The number of nitrogens with zero attached hydrogens (tertiary/aromatic N) is 6. The number of halogens is 3. The lowest BCUT2D eigenvalue weighted by Crippen LogP contribution is -2.44. The van der Waals surface area contributed by atoms with E-state index in [0.717, 1.165) is 6.07 Å². The van der Waals surface area contributed by atoms with E-state index in [2.05, 4.69) is 25.5 Å². The Hall–Kier alpha value is -3.80. The van der Waals surface area contributed by atoms with Gasteiger partial charge >= 0.3 is 0 Å². The highest BCUT2D eigenvalue weighted by Crippen LogP contribution is 2.38. The molecule has 0 unspecified atom stereocenters. The van der Waals surface area contributed by atoms with Crippen LogP contribution < -0.4 is 5.32 Å². The smallest absolute Gasteiger partial charge is 0.266 e. The van der Waals surface area contributed by atoms with Crippen molar-refractivity contribution < 1.29 is 23.1 Å². The summed E-state index contributed by atoms with van der Waals surface area (Å²) in [6.07, 6.45) is -0.842. The number of likely N-dealkylation sites (tertiary alicyclic amines) is 1. The van der Waals surface area contributed by atoms with E-state index in [1.807, 2.05) is 0 Å². The number of hydrogen-bond acceptors (Lipinski definition) is 7. The number of amides is 1. The summed E-state index contributed by atoms with van der Waals surface area (Å²) in [6.45, 7) is 5.62. The van der Waals surface area contributed by atoms with Crippen LogP contribution in [0.2, 0.25) is 0 Å². The van der Waals surface area contributed by atoms with Crippen molar-refractivity contribution in [2.75, 3.05) is 18.4 Å². The van der Waals surface area contributed by atoms with Crippen LogP contribution in [0.4, 0.5) is 19.0 Å². The fraction of sp³-hybridized carbons (Fsp3) is 0.400. The first kappa shape index (κ1) is 24.9. The van der Waals surface area contributed by atoms with E-state index in [0.29, 0.717) is 59.8 Å². The Bertz CT molecular complexity index is 1500. The molecule has 4 aromatic rings. The average Bonchev–Trinajstić information content (AvgIpc) is 3.34. The Labute approximate surface area is 210 Å². The fourth-order valence-electron chi connectivity index (χ4n) is 4.93. The summed E-state index contributed by atoms with van der Waals surface area (Å²) >= 11 is 0. The summed E-state index contributed by atoms with van der Waals surface area (Å²) in [5, 5.41) is 23.6. The van der Waals surface area contributed by atoms with Gasteiger partial charge in [0.1, 0.15) is 23.8 Å². The molecule has 4 heterocycles. The SMILES string of the molecule is CC(=O)N1CCC(O)(c2cc3c(N[C@H](C)c4cccc(C(F)F)c4F)nc(C)nc3n3cnnc23)CC1. The largest absolute Gasteiger partial charge is 0.385 e. The van der Waals surface area contributed by atoms with Gasteiger partial charge in [-0.15, -0.1) is 10.2 Å². The van der Waals surface area contributed by atoms with Gasteiger partial charge in [-0.2, -0.15) is 0 Å². The predicted molar refractivity (Wildman–Crippen MR) is 130 cm³/mol. The van der Waals surface area contributed by atoms with E-state index >= 15 is 0 Å². The van der Waals surface area contributed by atoms with Gasteiger partial charge in [0.2, 0.25) is 5.91 Å². The number of rotatable bonds is 5. The second-order valence-electron chi connectivity index (χ2n) is 9.39. The number of pyridine rings is 1. The molecule has 194 valence electrons. The maximum Gasteiger partial charge on any atom is 0.266 e. The van der Waals surface area contributed by atoms with E-state index in [1.165, 1.54) is 25.4 Å². The lowest BCUT2D eigenvalue weighted by Gasteiger charge is -2.38. The molecule has 1 saturated heterocycles. The monoisotopic (exact) mass is 513 g/mol. The van der Waals surface area contributed by atoms with Gasteiger partial charge in [0, 0.05) is 31.1 Å². The van der Waals surface area contributed by atoms with Gasteiger partial charge in [-0.1, -0.05) is 18.2 Å². The minimum Gasteiger partial charge on any atom is -0.385 e. The maximum atomic E-state index is 14.8. The number of piperidine rings is 1. The predicted octanol–water partition coefficient (Wildman–Crippen LogP) is 4.06. The van der Waals surface area contributed by atoms with E-state index in [4.69, 9.17) is 0 Å². The van der Waals surface area contributed by atoms with E-state index in [-0.39, 0.29) is 11.5 Å². The average molecular weight is 514 g/mol. The summed E-state index contributed by atoms with van der Waals surface area (Å²) in [5.74, 6) is -0.264. The van der Waals surface area contributed by atoms with Gasteiger partial charge in [0.05, 0.1) is 22.6 Å². The van der Waals surface area contributed by atoms with Gasteiger partial charge in [0.15, 0.2) is 11.3 Å². The number of fused-ring (bicyclic) bond motifs is 3. The molecule has 0 saturated carbocycles. The number of carbonyl (C=O) groups is 1. The Morgan fingerprint density at radius 1 is 1.16 bits per heavy atom. The third-order valence-electron chi connectivity index (χ3n) is 6.99. The standard InChI is InChI=1S/C25H26F3N7O2/c1-13(16-5-4-6-17(20(16)26)21(27)28)30-22-18-11-19(25(37)7-9-34(10-8-25)15(3)36)24-33-29-12-35(24)23(18)32-14(2)31-22/h4-6,11-13,21,37H,7-10H2,1-3H3,(H,30,31,32)/t13-/m1/s1. The van der Waals surface area contributed by atoms with Crippen LogP contribution in [0.3, 0.4) is 0 Å². The third-order valence-corrected chi connectivity index (χ3v) is 6.99. The maximum absolute atomic E-state index is 14.8. The van der Waals surface area contributed by atoms with Crippen molar-refractivity contribution in [3.63, 3.8) is 0 Å². The molecule has 3 aromatic heterocycles. The number of nitrogens with one attached hydrogen (secondary N) is 1. The molecule has 0 aliphatic carbocycles. The molecule has 1 aromatic carbocycles. The van der Waals surface area contributed by atoms with Crippen LogP contribution >= 0.6 is 0 Å². The van der Waals surface area contributed by atoms with Gasteiger partial charge in [0.25, 0.3) is 6.43 Å². The summed E-state index contributed by atoms with van der Waals surface area (Å²) < 4.78 is 43.0. The quantitative estimate of drug-likeness (QED) is 0.414. The lowest BCUT2D eigenvalue weighted by atomic mass is 9.84. The number of aromatic nitrogens is 5. The topological polar surface area (TPSA) is 109 Å². The van der Waals surface area contributed by atoms with Crippen molar-refractivity contribution in [1.82, 2.24) is 29.5 Å². The zero-order valence-corrected chi connectivity index (χ0v) is 20.5. The van der Waals surface area contributed by atoms with Crippen molar-refractivity contribution in [3.8, 4) is 0 Å². The van der Waals surface area contributed by atoms with Crippen LogP contribution in [0.1, 0.15) is 61.7 Å². The Balaban J connectivity index is 1.61. The Kier molecular flexibility index (Phi) is 6.22. The van der Waals surface area contributed by atoms with Crippen LogP contribution in [0.25, 0.3) is 16.7 Å². The van der Waals surface area contributed by atoms with Crippen molar-refractivity contribution in [2.24, 2.45) is 0 Å². The summed E-state index contributed by atoms with van der Waals surface area (Å²) in [7, 11) is 0. The number of aryl methyl sites for hydroxylation is 1. The van der Waals surface area contributed by atoms with Crippen LogP contribution in [-0.2, 0) is 10.4 Å². The van der Waals surface area contributed by atoms with Gasteiger partial charge in [-0.05, 0) is 32.8 Å². The molecule has 1 atom stereocenters. The number of hydrogen-bond donors (Lipinski definition) is 2. The van der Waals surface area contributed by atoms with Crippen LogP contribution in [-0.4, -0.2) is 53.6 Å². The van der Waals surface area contributed by atoms with Crippen LogP contribution in [0.5, 0.6) is 0 Å². The molecule has 1 amide bonds. The normalized spacial score (nSPS) is 16.5. The molecule has 0 bridgehead atoms. The molecular weight excluding hydrogens is 487 g/mol. The van der Waals surface area contributed by atoms with E-state index in [1.54, 1.807) is 29.2 Å². The second-order valence-corrected chi connectivity index (χ2v) is 9.39. The van der Waals surface area contributed by atoms with Crippen molar-refractivity contribution in [1.29, 1.82) is 0 Å². The minimum absolute atomic E-state index is 0.0549. The molecule has 2 N–H and O–H groups in total. The molecule has 0 radical (unpaired) electrons. The fourth-order valence-corrected chi connectivity index (χ4v) is 4.93. The zero-order valence-electron chi connectivity index (χ0n) is 20.5. The van der Waals surface area contributed by atoms with Crippen LogP contribution in [0, 0.1) is 12.7 Å². The van der Waals surface area contributed by atoms with Crippen LogP contribution in [0.15, 0.2) is 30.6 Å². The minimum atomic E-state index is -2.94. The number of benzene rings is 1. The van der Waals surface area contributed by atoms with Gasteiger partial charge in [-0.25, -0.2) is 23.1 Å². The summed E-state index contributed by atoms with van der Waals surface area (Å²) in [5.41, 5.74) is -0.461. The molecule has 37 heavy (non-hydrogen) atoms. The highest BCUT2D eigenvalue weighted by atomic mass is 19.3. The van der Waals surface area contributed by atoms with Crippen molar-refractivity contribution in [3.05, 3.63) is 58.9 Å². The van der Waals surface area contributed by atoms with E-state index in [9.17, 15) is 23.1 Å². The molecule has 9 nitrogen and oxygen atoms in total. The van der Waals surface area contributed by atoms with Crippen molar-refractivity contribution in [2.45, 2.75) is 51.7 Å². The second kappa shape index (κ2) is 9.25. The third kappa shape index (κ3) is 4.35. The molecule has 5 rings (SSSR count). The number of anilines is 1. The number of alkyl halides is 2. The molecule has 1 aliphatic rings. The highest BCUT2D eigenvalue weighted by Gasteiger charge is 2.38. The molecule has 12 heteroatoms. The molecule has 0 spiro atoms. The molecule has 1 aliphatic heterocycles. The molecular formula is C25H26F3N7O2. The first-order chi connectivity index (χ1) is 17.6. The first-order valence-corrected chi connectivity index (χ1v) is 11.9. The van der Waals surface area contributed by atoms with Gasteiger partial charge in [-0.3, -0.25) is 9.20 Å². The van der Waals surface area contributed by atoms with Gasteiger partial charge < -0.3 is 15.3 Å². The lowest BCUT2D eigenvalue weighted by molar-refractivity contribution is -0.133. The first-order valence-electron chi connectivity index (χ1n) is 11.9. The number of carbonyl (C=O) groups excluding carboxylic acids is 1. The zero-order chi connectivity index (χ0) is 26.5.